The summed E-state index contributed by atoms with van der Waals surface area (Å²) in [7, 11) is 0. The summed E-state index contributed by atoms with van der Waals surface area (Å²) in [5.41, 5.74) is 16.5. The fraction of sp³-hybridized carbons (Fsp3) is 0.182. The Kier molecular flexibility index (Phi) is 7.74. The molecule has 0 aliphatic rings. The molecule has 0 bridgehead atoms. The van der Waals surface area contributed by atoms with Crippen LogP contribution in [0.2, 0.25) is 0 Å². The summed E-state index contributed by atoms with van der Waals surface area (Å²) in [5.74, 6) is 0.236. The van der Waals surface area contributed by atoms with Crippen molar-refractivity contribution in [2.45, 2.75) is 53.4 Å². The number of nitrogens with zero attached hydrogens (tertiary/aromatic N) is 2. The average Bonchev–Trinajstić information content (AvgIpc) is 3.09. The van der Waals surface area contributed by atoms with E-state index in [1.165, 1.54) is 55.6 Å². The van der Waals surface area contributed by atoms with Crippen molar-refractivity contribution in [3.05, 3.63) is 166 Å². The molecule has 0 aliphatic carbocycles. The van der Waals surface area contributed by atoms with E-state index in [1.807, 2.05) is 0 Å². The Labute approximate surface area is 272 Å². The topological polar surface area (TPSA) is 25.8 Å². The molecule has 0 saturated heterocycles. The molecule has 0 saturated carbocycles. The van der Waals surface area contributed by atoms with Gasteiger partial charge in [-0.1, -0.05) is 134 Å². The van der Waals surface area contributed by atoms with Crippen LogP contribution in [0.5, 0.6) is 0 Å². The van der Waals surface area contributed by atoms with Gasteiger partial charge in [0, 0.05) is 34.0 Å². The Morgan fingerprint density at radius 3 is 1.22 bits per heavy atom. The van der Waals surface area contributed by atoms with Crippen LogP contribution >= 0.6 is 0 Å². The molecule has 7 rings (SSSR count). The number of benzene rings is 5. The molecule has 5 aromatic carbocycles. The van der Waals surface area contributed by atoms with E-state index in [1.54, 1.807) is 0 Å². The smallest absolute Gasteiger partial charge is 0.0974 e. The molecule has 2 heteroatoms. The molecule has 2 atom stereocenters. The molecule has 0 spiro atoms. The zero-order chi connectivity index (χ0) is 31.9. The summed E-state index contributed by atoms with van der Waals surface area (Å²) >= 11 is 0. The first-order valence-electron chi connectivity index (χ1n) is 16.3. The van der Waals surface area contributed by atoms with Crippen LogP contribution in [0, 0.1) is 27.7 Å². The van der Waals surface area contributed by atoms with Crippen molar-refractivity contribution in [3.8, 4) is 22.3 Å². The molecule has 46 heavy (non-hydrogen) atoms. The van der Waals surface area contributed by atoms with Gasteiger partial charge in [0.25, 0.3) is 0 Å². The monoisotopic (exact) mass is 596 g/mol. The highest BCUT2D eigenvalue weighted by atomic mass is 14.8. The third-order valence-corrected chi connectivity index (χ3v) is 9.66. The summed E-state index contributed by atoms with van der Waals surface area (Å²) in [4.78, 5) is 11.0. The van der Waals surface area contributed by atoms with Crippen LogP contribution in [-0.4, -0.2) is 9.97 Å². The van der Waals surface area contributed by atoms with Gasteiger partial charge in [0.1, 0.15) is 0 Å². The van der Waals surface area contributed by atoms with Gasteiger partial charge in [0.2, 0.25) is 0 Å². The number of aryl methyl sites for hydroxylation is 4. The van der Waals surface area contributed by atoms with Gasteiger partial charge in [0.15, 0.2) is 0 Å². The number of aromatic nitrogens is 2. The van der Waals surface area contributed by atoms with E-state index in [9.17, 15) is 0 Å². The molecule has 0 amide bonds. The third-order valence-electron chi connectivity index (χ3n) is 9.66. The standard InChI is InChI=1S/C44H40N2/c1-27-17-19-29(3)37(23-27)31(5)41-25-39(33-13-9-7-10-14-33)35-21-22-36-40(34-15-11-8-12-16-34)26-42(46-44(36)43(35)45-41)32(6)38-24-28(2)18-20-30(38)4/h7-26,31-32H,1-6H3. The van der Waals surface area contributed by atoms with Crippen LogP contribution in [-0.2, 0) is 0 Å². The van der Waals surface area contributed by atoms with Crippen molar-refractivity contribution in [2.75, 3.05) is 0 Å². The minimum atomic E-state index is 0.118. The maximum atomic E-state index is 5.51. The number of hydrogen-bond acceptors (Lipinski definition) is 2. The minimum absolute atomic E-state index is 0.118. The van der Waals surface area contributed by atoms with E-state index in [0.29, 0.717) is 0 Å². The van der Waals surface area contributed by atoms with Gasteiger partial charge in [-0.2, -0.15) is 0 Å². The molecule has 2 nitrogen and oxygen atoms in total. The second-order valence-electron chi connectivity index (χ2n) is 12.9. The molecule has 2 heterocycles. The molecule has 2 unspecified atom stereocenters. The van der Waals surface area contributed by atoms with Crippen molar-refractivity contribution in [3.63, 3.8) is 0 Å². The van der Waals surface area contributed by atoms with Crippen molar-refractivity contribution >= 4 is 21.8 Å². The van der Waals surface area contributed by atoms with Gasteiger partial charge in [-0.3, -0.25) is 0 Å². The molecule has 7 aromatic rings. The molecular formula is C44H40N2. The first-order valence-corrected chi connectivity index (χ1v) is 16.3. The molecule has 0 N–H and O–H groups in total. The summed E-state index contributed by atoms with van der Waals surface area (Å²) in [6, 6.07) is 44.0. The quantitative estimate of drug-likeness (QED) is 0.178. The number of fused-ring (bicyclic) bond motifs is 3. The van der Waals surface area contributed by atoms with E-state index in [4.69, 9.17) is 9.97 Å². The fourth-order valence-electron chi connectivity index (χ4n) is 6.94. The van der Waals surface area contributed by atoms with E-state index in [0.717, 1.165) is 33.2 Å². The van der Waals surface area contributed by atoms with Crippen LogP contribution in [0.1, 0.15) is 70.5 Å². The number of pyridine rings is 2. The first kappa shape index (κ1) is 29.6. The SMILES string of the molecule is Cc1ccc(C)c(C(C)c2cc(-c3ccccc3)c3ccc4c(-c5ccccc5)cc(C(C)c5cc(C)ccc5C)nc4c3n2)c1. The van der Waals surface area contributed by atoms with Crippen LogP contribution < -0.4 is 0 Å². The van der Waals surface area contributed by atoms with E-state index < -0.39 is 0 Å². The lowest BCUT2D eigenvalue weighted by Gasteiger charge is -2.20. The molecule has 0 fully saturated rings. The van der Waals surface area contributed by atoms with Gasteiger partial charge in [-0.15, -0.1) is 0 Å². The van der Waals surface area contributed by atoms with Crippen LogP contribution in [0.3, 0.4) is 0 Å². The average molecular weight is 597 g/mol. The zero-order valence-corrected chi connectivity index (χ0v) is 27.6. The number of rotatable bonds is 6. The summed E-state index contributed by atoms with van der Waals surface area (Å²) < 4.78 is 0. The highest BCUT2D eigenvalue weighted by Crippen LogP contribution is 2.40. The summed E-state index contributed by atoms with van der Waals surface area (Å²) in [6.07, 6.45) is 0. The Hall–Kier alpha value is -5.08. The molecular weight excluding hydrogens is 556 g/mol. The molecule has 0 radical (unpaired) electrons. The lowest BCUT2D eigenvalue weighted by molar-refractivity contribution is 0.865. The highest BCUT2D eigenvalue weighted by Gasteiger charge is 2.21. The van der Waals surface area contributed by atoms with Gasteiger partial charge in [0.05, 0.1) is 11.0 Å². The Bertz CT molecular complexity index is 2050. The van der Waals surface area contributed by atoms with Gasteiger partial charge in [-0.05, 0) is 84.3 Å². The van der Waals surface area contributed by atoms with E-state index in [-0.39, 0.29) is 11.8 Å². The van der Waals surface area contributed by atoms with Crippen LogP contribution in [0.15, 0.2) is 121 Å². The third kappa shape index (κ3) is 5.39. The maximum absolute atomic E-state index is 5.51. The molecule has 0 aliphatic heterocycles. The van der Waals surface area contributed by atoms with Crippen molar-refractivity contribution in [1.82, 2.24) is 9.97 Å². The largest absolute Gasteiger partial charge is 0.250 e. The molecule has 2 aromatic heterocycles. The van der Waals surface area contributed by atoms with Crippen molar-refractivity contribution in [2.24, 2.45) is 0 Å². The summed E-state index contributed by atoms with van der Waals surface area (Å²) in [5, 5.41) is 2.25. The van der Waals surface area contributed by atoms with Gasteiger partial charge >= 0.3 is 0 Å². The zero-order valence-electron chi connectivity index (χ0n) is 27.6. The highest BCUT2D eigenvalue weighted by molar-refractivity contribution is 6.12. The van der Waals surface area contributed by atoms with Gasteiger partial charge in [-0.25, -0.2) is 9.97 Å². The van der Waals surface area contributed by atoms with Crippen LogP contribution in [0.25, 0.3) is 44.1 Å². The van der Waals surface area contributed by atoms with E-state index in [2.05, 4.69) is 163 Å². The van der Waals surface area contributed by atoms with Crippen molar-refractivity contribution < 1.29 is 0 Å². The maximum Gasteiger partial charge on any atom is 0.0974 e. The predicted molar refractivity (Wildman–Crippen MR) is 195 cm³/mol. The second kappa shape index (κ2) is 12.0. The molecule has 226 valence electrons. The Morgan fingerprint density at radius 1 is 0.435 bits per heavy atom. The van der Waals surface area contributed by atoms with Crippen molar-refractivity contribution in [1.29, 1.82) is 0 Å². The second-order valence-corrected chi connectivity index (χ2v) is 12.9. The van der Waals surface area contributed by atoms with Crippen LogP contribution in [0.4, 0.5) is 0 Å². The Balaban J connectivity index is 1.56. The lowest BCUT2D eigenvalue weighted by Crippen LogP contribution is -2.06. The van der Waals surface area contributed by atoms with Gasteiger partial charge < -0.3 is 0 Å². The summed E-state index contributed by atoms with van der Waals surface area (Å²) in [6.45, 7) is 13.3. The first-order chi connectivity index (χ1) is 22.3. The lowest BCUT2D eigenvalue weighted by atomic mass is 9.88. The minimum Gasteiger partial charge on any atom is -0.250 e. The van der Waals surface area contributed by atoms with E-state index >= 15 is 0 Å². The fourth-order valence-corrected chi connectivity index (χ4v) is 6.94. The predicted octanol–water partition coefficient (Wildman–Crippen LogP) is 11.7. The Morgan fingerprint density at radius 2 is 0.826 bits per heavy atom. The number of hydrogen-bond donors (Lipinski definition) is 0. The normalized spacial score (nSPS) is 12.8.